The van der Waals surface area contributed by atoms with E-state index in [-0.39, 0.29) is 58.9 Å². The van der Waals surface area contributed by atoms with Crippen molar-refractivity contribution in [3.8, 4) is 0 Å². The van der Waals surface area contributed by atoms with E-state index in [4.69, 9.17) is 0 Å². The molecule has 4 aromatic carbocycles. The van der Waals surface area contributed by atoms with Crippen LogP contribution < -0.4 is 73.5 Å². The molecule has 0 fully saturated rings. The van der Waals surface area contributed by atoms with Gasteiger partial charge in [0.25, 0.3) is 0 Å². The summed E-state index contributed by atoms with van der Waals surface area (Å²) in [4.78, 5) is 0. The van der Waals surface area contributed by atoms with Crippen molar-refractivity contribution in [1.29, 1.82) is 0 Å². The van der Waals surface area contributed by atoms with Gasteiger partial charge in [0.05, 0.1) is 24.2 Å². The molecule has 0 nitrogen and oxygen atoms in total. The van der Waals surface area contributed by atoms with Gasteiger partial charge in [-0.15, -0.1) is 5.19 Å². The van der Waals surface area contributed by atoms with E-state index in [1.165, 1.54) is 38.9 Å². The van der Waals surface area contributed by atoms with E-state index in [9.17, 15) is 0 Å². The van der Waals surface area contributed by atoms with Crippen LogP contribution in [0.4, 0.5) is 0 Å². The van der Waals surface area contributed by atoms with Crippen LogP contribution in [0.1, 0.15) is 38.9 Å². The van der Waals surface area contributed by atoms with E-state index in [1.54, 1.807) is 36.3 Å². The van der Waals surface area contributed by atoms with Crippen molar-refractivity contribution in [3.63, 3.8) is 0 Å². The molecule has 0 aliphatic heterocycles. The summed E-state index contributed by atoms with van der Waals surface area (Å²) in [5.74, 6) is 0. The Morgan fingerprint density at radius 1 is 0.404 bits per heavy atom. The van der Waals surface area contributed by atoms with Gasteiger partial charge in [-0.1, -0.05) is 189 Å². The topological polar surface area (TPSA) is 0 Å². The maximum Gasteiger partial charge on any atom is 4.00 e. The second-order valence-corrected chi connectivity index (χ2v) is 35.0. The standard InChI is InChI=1S/C39H57Si4.3ClH.Ti/c1-26-20-17-23-33(36(26)40(8,9)10)43(39-31(6)29(4)30(5)32(39)7,34-24-18-21-27(2)37(34)41(11,12)13)35-25-19-22-28(3)38(35)42(14,15)16;;;;/h17-25H,1-16H3;3*1H;/q-1;;;;+4/p-3. The summed E-state index contributed by atoms with van der Waals surface area (Å²) >= 11 is 0. The Morgan fingerprint density at radius 2 is 0.638 bits per heavy atom. The number of aryl methyl sites for hydroxylation is 3. The van der Waals surface area contributed by atoms with Crippen LogP contribution in [0.15, 0.2) is 54.6 Å². The van der Waals surface area contributed by atoms with Crippen molar-refractivity contribution in [2.75, 3.05) is 0 Å². The molecule has 8 heteroatoms. The van der Waals surface area contributed by atoms with Crippen LogP contribution in [0, 0.1) is 48.5 Å². The first-order valence-corrected chi connectivity index (χ1v) is 28.7. The Hall–Kier alpha value is -0.538. The molecule has 0 amide bonds. The SMILES string of the molecule is Cc1cccc([Si](c2cccc(C)c2[Si](C)(C)C)(c2cccc(C)c2[Si](C)(C)C)[c-]2c(C)c(C)c(C)c2C)c1[Si](C)(C)C.[Cl-].[Cl-].[Cl-].[Ti+4]. The number of benzene rings is 3. The molecule has 0 aliphatic rings. The van der Waals surface area contributed by atoms with Gasteiger partial charge in [0.15, 0.2) is 0 Å². The van der Waals surface area contributed by atoms with Gasteiger partial charge in [0, 0.05) is 0 Å². The summed E-state index contributed by atoms with van der Waals surface area (Å²) in [5, 5.41) is 11.7. The zero-order chi connectivity index (χ0) is 32.4. The molecule has 0 unspecified atom stereocenters. The van der Waals surface area contributed by atoms with E-state index in [2.05, 4.69) is 162 Å². The Balaban J connectivity index is 0.00000529. The normalized spacial score (nSPS) is 12.0. The minimum Gasteiger partial charge on any atom is -1.00 e. The zero-order valence-electron chi connectivity index (χ0n) is 31.8. The minimum absolute atomic E-state index is 0. The molecule has 4 rings (SSSR count). The average Bonchev–Trinajstić information content (AvgIpc) is 3.05. The quantitative estimate of drug-likeness (QED) is 0.111. The van der Waals surface area contributed by atoms with E-state index in [1.807, 2.05) is 0 Å². The fourth-order valence-electron chi connectivity index (χ4n) is 8.55. The van der Waals surface area contributed by atoms with Gasteiger partial charge in [-0.3, -0.25) is 0 Å². The van der Waals surface area contributed by atoms with Crippen molar-refractivity contribution in [1.82, 2.24) is 0 Å². The molecule has 0 N–H and O–H groups in total. The Labute approximate surface area is 325 Å². The van der Waals surface area contributed by atoms with Gasteiger partial charge in [-0.25, -0.2) is 0 Å². The molecule has 0 atom stereocenters. The maximum absolute atomic E-state index is 2.85. The van der Waals surface area contributed by atoms with Crippen LogP contribution in [0.25, 0.3) is 0 Å². The number of rotatable bonds is 7. The molecular formula is C39H57Cl3Si4Ti. The van der Waals surface area contributed by atoms with E-state index in [0.717, 1.165) is 0 Å². The van der Waals surface area contributed by atoms with Gasteiger partial charge in [0.2, 0.25) is 0 Å². The first-order chi connectivity index (χ1) is 19.7. The second-order valence-electron chi connectivity index (χ2n) is 16.4. The predicted octanol–water partition coefficient (Wildman–Crippen LogP) is -2.41. The number of halogens is 3. The first kappa shape index (κ1) is 46.5. The summed E-state index contributed by atoms with van der Waals surface area (Å²) < 4.78 is 0. The smallest absolute Gasteiger partial charge is 1.00 e. The number of hydrogen-bond donors (Lipinski definition) is 0. The molecule has 4 aromatic rings. The molecule has 0 aliphatic carbocycles. The summed E-state index contributed by atoms with van der Waals surface area (Å²) in [7, 11) is -8.16. The third-order valence-corrected chi connectivity index (χ3v) is 22.5. The Kier molecular flexibility index (Phi) is 16.0. The molecule has 254 valence electrons. The molecule has 0 bridgehead atoms. The summed E-state index contributed by atoms with van der Waals surface area (Å²) in [5.41, 5.74) is 10.5. The van der Waals surface area contributed by atoms with E-state index >= 15 is 0 Å². The predicted molar refractivity (Wildman–Crippen MR) is 208 cm³/mol. The second kappa shape index (κ2) is 16.2. The molecular weight excluding hydrogens is 735 g/mol. The minimum atomic E-state index is -2.85. The van der Waals surface area contributed by atoms with E-state index in [0.29, 0.717) is 0 Å². The third kappa shape index (κ3) is 8.02. The fraction of sp³-hybridized carbons (Fsp3) is 0.410. The van der Waals surface area contributed by atoms with Crippen LogP contribution in [0.5, 0.6) is 0 Å². The van der Waals surface area contributed by atoms with Crippen molar-refractivity contribution in [3.05, 3.63) is 93.5 Å². The molecule has 47 heavy (non-hydrogen) atoms. The summed E-state index contributed by atoms with van der Waals surface area (Å²) in [6.45, 7) is 40.0. The van der Waals surface area contributed by atoms with Gasteiger partial charge < -0.3 is 37.2 Å². The van der Waals surface area contributed by atoms with Crippen molar-refractivity contribution in [2.24, 2.45) is 0 Å². The van der Waals surface area contributed by atoms with Crippen LogP contribution in [0.2, 0.25) is 58.9 Å². The molecule has 0 aromatic heterocycles. The summed E-state index contributed by atoms with van der Waals surface area (Å²) in [6, 6.07) is 22.1. The van der Waals surface area contributed by atoms with Crippen LogP contribution in [-0.4, -0.2) is 32.3 Å². The average molecular weight is 792 g/mol. The molecule has 0 heterocycles. The first-order valence-electron chi connectivity index (χ1n) is 16.2. The summed E-state index contributed by atoms with van der Waals surface area (Å²) in [6.07, 6.45) is 0. The zero-order valence-corrected chi connectivity index (χ0v) is 39.7. The van der Waals surface area contributed by atoms with Gasteiger partial charge in [0.1, 0.15) is 8.07 Å². The Morgan fingerprint density at radius 3 is 0.851 bits per heavy atom. The van der Waals surface area contributed by atoms with Crippen molar-refractivity contribution < 1.29 is 58.9 Å². The largest absolute Gasteiger partial charge is 4.00 e. The van der Waals surface area contributed by atoms with E-state index < -0.39 is 32.3 Å². The fourth-order valence-corrected chi connectivity index (χ4v) is 26.0. The molecule has 0 radical (unpaired) electrons. The van der Waals surface area contributed by atoms with Gasteiger partial charge >= 0.3 is 21.7 Å². The molecule has 0 saturated carbocycles. The van der Waals surface area contributed by atoms with Crippen LogP contribution in [0.3, 0.4) is 0 Å². The Bertz CT molecular complexity index is 1520. The van der Waals surface area contributed by atoms with Crippen molar-refractivity contribution in [2.45, 2.75) is 107 Å². The molecule has 0 spiro atoms. The molecule has 0 saturated heterocycles. The maximum atomic E-state index is 2.59. The monoisotopic (exact) mass is 790 g/mol. The van der Waals surface area contributed by atoms with Crippen LogP contribution in [-0.2, 0) is 21.7 Å². The number of hydrogen-bond acceptors (Lipinski definition) is 0. The van der Waals surface area contributed by atoms with Gasteiger partial charge in [-0.05, 0) is 20.8 Å². The van der Waals surface area contributed by atoms with Crippen LogP contribution >= 0.6 is 0 Å². The van der Waals surface area contributed by atoms with Crippen molar-refractivity contribution >= 4 is 68.6 Å². The third-order valence-electron chi connectivity index (χ3n) is 10.1. The van der Waals surface area contributed by atoms with Gasteiger partial charge in [-0.2, -0.15) is 22.3 Å².